The number of aromatic nitrogens is 1. The molecule has 1 aromatic heterocycles. The zero-order valence-corrected chi connectivity index (χ0v) is 8.26. The molecule has 5 heteroatoms. The van der Waals surface area contributed by atoms with Crippen molar-refractivity contribution in [3.8, 4) is 11.6 Å². The summed E-state index contributed by atoms with van der Waals surface area (Å²) in [6.07, 6.45) is 1.52. The molecule has 0 aliphatic heterocycles. The normalized spacial score (nSPS) is 10.1. The Morgan fingerprint density at radius 1 is 1.46 bits per heavy atom. The molecule has 0 atom stereocenters. The Labute approximate surface area is 78.6 Å². The number of nitrogens with zero attached hydrogens (tertiary/aromatic N) is 1. The van der Waals surface area contributed by atoms with Crippen molar-refractivity contribution in [2.75, 3.05) is 14.2 Å². The second-order valence-electron chi connectivity index (χ2n) is 2.20. The molecule has 4 nitrogen and oxygen atoms in total. The molecule has 0 N–H and O–H groups in total. The minimum atomic E-state index is -1.41. The second kappa shape index (κ2) is 4.13. The fourth-order valence-corrected chi connectivity index (χ4v) is 1.63. The maximum Gasteiger partial charge on any atom is 0.199 e. The van der Waals surface area contributed by atoms with Crippen molar-refractivity contribution in [3.63, 3.8) is 0 Å². The van der Waals surface area contributed by atoms with E-state index in [1.54, 1.807) is 6.07 Å². The first kappa shape index (κ1) is 9.85. The van der Waals surface area contributed by atoms with E-state index < -0.39 is 10.4 Å². The molecule has 1 rings (SSSR count). The number of methoxy groups -OCH3 is 2. The summed E-state index contributed by atoms with van der Waals surface area (Å²) in [7, 11) is 1.53. The highest BCUT2D eigenvalue weighted by Crippen LogP contribution is 2.26. The monoisotopic (exact) mass is 200 g/mol. The Hall–Kier alpha value is -1.23. The molecule has 0 radical (unpaired) electrons. The van der Waals surface area contributed by atoms with E-state index in [9.17, 15) is 4.21 Å². The van der Waals surface area contributed by atoms with Crippen molar-refractivity contribution in [2.45, 2.75) is 4.90 Å². The van der Waals surface area contributed by atoms with Crippen LogP contribution in [0.4, 0.5) is 0 Å². The summed E-state index contributed by atoms with van der Waals surface area (Å²) in [5, 5.41) is 0. The van der Waals surface area contributed by atoms with E-state index in [-0.39, 0.29) is 5.88 Å². The number of hydrogen-bond acceptors (Lipinski definition) is 5. The van der Waals surface area contributed by atoms with Gasteiger partial charge in [-0.25, -0.2) is 15.4 Å². The summed E-state index contributed by atoms with van der Waals surface area (Å²) in [5.41, 5.74) is 0. The summed E-state index contributed by atoms with van der Waals surface area (Å²) >= 11 is 0. The maximum atomic E-state index is 11.2. The summed E-state index contributed by atoms with van der Waals surface area (Å²) in [6, 6.07) is 1.61. The van der Waals surface area contributed by atoms with Crippen LogP contribution < -0.4 is 9.47 Å². The van der Waals surface area contributed by atoms with Gasteiger partial charge in [-0.3, -0.25) is 0 Å². The van der Waals surface area contributed by atoms with Crippen LogP contribution in [0.25, 0.3) is 0 Å². The van der Waals surface area contributed by atoms with E-state index >= 15 is 0 Å². The third-order valence-corrected chi connectivity index (χ3v) is 2.31. The summed E-state index contributed by atoms with van der Waals surface area (Å²) in [6.45, 7) is 0. The van der Waals surface area contributed by atoms with E-state index in [0.29, 0.717) is 10.6 Å². The first-order chi connectivity index (χ1) is 6.20. The summed E-state index contributed by atoms with van der Waals surface area (Å²) in [5.74, 6) is 4.16. The summed E-state index contributed by atoms with van der Waals surface area (Å²) in [4.78, 5) is 4.27. The van der Waals surface area contributed by atoms with Gasteiger partial charge in [-0.15, -0.1) is 0 Å². The molecular formula is C8H10NO3S-. The van der Waals surface area contributed by atoms with Crippen LogP contribution >= 0.6 is 0 Å². The predicted octanol–water partition coefficient (Wildman–Crippen LogP) is 0.853. The molecule has 0 saturated heterocycles. The van der Waals surface area contributed by atoms with E-state index in [4.69, 9.17) is 9.47 Å². The Morgan fingerprint density at radius 3 is 2.62 bits per heavy atom. The molecule has 72 valence electrons. The Kier molecular flexibility index (Phi) is 3.13. The van der Waals surface area contributed by atoms with Gasteiger partial charge in [-0.05, 0) is 11.0 Å². The van der Waals surface area contributed by atoms with Crippen LogP contribution in [-0.4, -0.2) is 25.1 Å². The van der Waals surface area contributed by atoms with Crippen LogP contribution in [0.5, 0.6) is 11.6 Å². The molecule has 0 aromatic carbocycles. The largest absolute Gasteiger partial charge is 0.498 e. The highest BCUT2D eigenvalue weighted by molar-refractivity contribution is 7.82. The zero-order valence-electron chi connectivity index (χ0n) is 7.44. The van der Waals surface area contributed by atoms with Gasteiger partial charge in [0.25, 0.3) is 0 Å². The fraction of sp³-hybridized carbons (Fsp3) is 0.250. The zero-order chi connectivity index (χ0) is 9.84. The van der Waals surface area contributed by atoms with Gasteiger partial charge in [0.15, 0.2) is 5.88 Å². The first-order valence-electron chi connectivity index (χ1n) is 3.49. The molecule has 0 amide bonds. The van der Waals surface area contributed by atoms with Crippen molar-refractivity contribution in [3.05, 3.63) is 12.3 Å². The van der Waals surface area contributed by atoms with Gasteiger partial charge >= 0.3 is 0 Å². The molecule has 1 heterocycles. The lowest BCUT2D eigenvalue weighted by Gasteiger charge is -2.13. The minimum Gasteiger partial charge on any atom is -0.498 e. The van der Waals surface area contributed by atoms with E-state index in [1.165, 1.54) is 20.4 Å². The standard InChI is InChI=1S/C8H10NO3S/c1-11-6-4-5-9-8(12-2)7(6)13(3)10/h4-5H,3H2,1-2H3/q-1. The van der Waals surface area contributed by atoms with Crippen molar-refractivity contribution in [2.24, 2.45) is 0 Å². The summed E-state index contributed by atoms with van der Waals surface area (Å²) < 4.78 is 21.1. The molecule has 0 spiro atoms. The second-order valence-corrected chi connectivity index (χ2v) is 3.30. The lowest BCUT2D eigenvalue weighted by atomic mass is 10.4. The number of hydrogen-bond donors (Lipinski definition) is 0. The van der Waals surface area contributed by atoms with Crippen LogP contribution in [0, 0.1) is 0 Å². The van der Waals surface area contributed by atoms with E-state index in [1.807, 2.05) is 0 Å². The van der Waals surface area contributed by atoms with Gasteiger partial charge in [0, 0.05) is 6.20 Å². The SMILES string of the molecule is C=[S-](=O)c1c(OC)ccnc1OC. The topological polar surface area (TPSA) is 48.4 Å². The number of pyridine rings is 1. The van der Waals surface area contributed by atoms with Crippen LogP contribution in [0.2, 0.25) is 0 Å². The number of rotatable bonds is 3. The fourth-order valence-electron chi connectivity index (χ4n) is 0.928. The number of ether oxygens (including phenoxy) is 2. The van der Waals surface area contributed by atoms with Gasteiger partial charge in [-0.2, -0.15) is 5.87 Å². The van der Waals surface area contributed by atoms with Crippen molar-refractivity contribution in [1.82, 2.24) is 4.98 Å². The quantitative estimate of drug-likeness (QED) is 0.536. The van der Waals surface area contributed by atoms with Gasteiger partial charge in [0.05, 0.1) is 14.2 Å². The third-order valence-electron chi connectivity index (χ3n) is 1.48. The van der Waals surface area contributed by atoms with Crippen LogP contribution in [-0.2, 0) is 14.6 Å². The molecule has 0 aliphatic rings. The molecule has 0 aliphatic carbocycles. The highest BCUT2D eigenvalue weighted by Gasteiger charge is 2.02. The van der Waals surface area contributed by atoms with Gasteiger partial charge in [0.2, 0.25) is 0 Å². The third kappa shape index (κ3) is 1.92. The lowest BCUT2D eigenvalue weighted by Crippen LogP contribution is -1.96. The Bertz CT molecular complexity index is 343. The van der Waals surface area contributed by atoms with Crippen molar-refractivity contribution in [1.29, 1.82) is 0 Å². The molecule has 0 saturated carbocycles. The Morgan fingerprint density at radius 2 is 2.15 bits per heavy atom. The molecular weight excluding hydrogens is 190 g/mol. The maximum absolute atomic E-state index is 11.2. The molecule has 13 heavy (non-hydrogen) atoms. The molecule has 0 fully saturated rings. The van der Waals surface area contributed by atoms with Crippen molar-refractivity contribution < 1.29 is 13.7 Å². The van der Waals surface area contributed by atoms with Crippen LogP contribution in [0.3, 0.4) is 0 Å². The van der Waals surface area contributed by atoms with E-state index in [2.05, 4.69) is 10.9 Å². The first-order valence-corrected chi connectivity index (χ1v) is 4.81. The van der Waals surface area contributed by atoms with Crippen molar-refractivity contribution >= 4 is 16.3 Å². The molecule has 0 unspecified atom stereocenters. The van der Waals surface area contributed by atoms with Crippen LogP contribution in [0.1, 0.15) is 0 Å². The minimum absolute atomic E-state index is 0.285. The molecule has 1 aromatic rings. The lowest BCUT2D eigenvalue weighted by molar-refractivity contribution is 0.363. The Balaban J connectivity index is 3.38. The van der Waals surface area contributed by atoms with Gasteiger partial charge < -0.3 is 13.7 Å². The predicted molar refractivity (Wildman–Crippen MR) is 50.8 cm³/mol. The van der Waals surface area contributed by atoms with E-state index in [0.717, 1.165) is 0 Å². The molecule has 0 bridgehead atoms. The van der Waals surface area contributed by atoms with Crippen LogP contribution in [0.15, 0.2) is 17.2 Å². The highest BCUT2D eigenvalue weighted by atomic mass is 32.2. The smallest absolute Gasteiger partial charge is 0.199 e. The average Bonchev–Trinajstić information content (AvgIpc) is 2.16. The average molecular weight is 200 g/mol. The van der Waals surface area contributed by atoms with Gasteiger partial charge in [-0.1, -0.05) is 0 Å². The van der Waals surface area contributed by atoms with Gasteiger partial charge in [0.1, 0.15) is 5.75 Å².